The van der Waals surface area contributed by atoms with Gasteiger partial charge in [0.25, 0.3) is 0 Å². The number of aromatic nitrogens is 3. The summed E-state index contributed by atoms with van der Waals surface area (Å²) in [6, 6.07) is -0.123. The van der Waals surface area contributed by atoms with E-state index in [4.69, 9.17) is 5.73 Å². The van der Waals surface area contributed by atoms with Crippen LogP contribution in [0.2, 0.25) is 0 Å². The number of amides is 1. The number of nitrogens with zero attached hydrogens (tertiary/aromatic N) is 3. The molecule has 1 aliphatic carbocycles. The third-order valence-electron chi connectivity index (χ3n) is 4.34. The summed E-state index contributed by atoms with van der Waals surface area (Å²) in [6.07, 6.45) is 9.02. The maximum atomic E-state index is 12.3. The van der Waals surface area contributed by atoms with E-state index in [9.17, 15) is 4.79 Å². The van der Waals surface area contributed by atoms with Gasteiger partial charge in [0.1, 0.15) is 5.82 Å². The highest BCUT2D eigenvalue weighted by Crippen LogP contribution is 2.21. The fraction of sp³-hybridized carbons (Fsp3) is 0.667. The molecule has 0 spiro atoms. The standard InChI is InChI=1S/C15H23N5O/c1-10(17-15(21)11-6-7-12(16)9-11)14-19-18-13-5-3-2-4-8-20(13)14/h6-7,10-12H,2-5,8-9,16H2,1H3,(H,17,21). The van der Waals surface area contributed by atoms with Crippen LogP contribution in [0.25, 0.3) is 0 Å². The molecule has 1 aromatic heterocycles. The Balaban J connectivity index is 1.68. The van der Waals surface area contributed by atoms with Crippen molar-refractivity contribution in [2.24, 2.45) is 11.7 Å². The van der Waals surface area contributed by atoms with Crippen molar-refractivity contribution >= 4 is 5.91 Å². The first-order valence-corrected chi connectivity index (χ1v) is 7.81. The molecule has 0 aromatic carbocycles. The quantitative estimate of drug-likeness (QED) is 0.815. The molecule has 2 aliphatic rings. The van der Waals surface area contributed by atoms with Gasteiger partial charge in [-0.3, -0.25) is 4.79 Å². The van der Waals surface area contributed by atoms with Crippen LogP contribution in [0.15, 0.2) is 12.2 Å². The SMILES string of the molecule is CC(NC(=O)C1C=CC(N)C1)c1nnc2n1CCCCC2. The maximum absolute atomic E-state index is 12.3. The van der Waals surface area contributed by atoms with Gasteiger partial charge in [0, 0.05) is 19.0 Å². The second-order valence-corrected chi connectivity index (χ2v) is 6.06. The first-order chi connectivity index (χ1) is 10.1. The molecule has 0 bridgehead atoms. The van der Waals surface area contributed by atoms with Crippen molar-refractivity contribution in [3.05, 3.63) is 23.8 Å². The lowest BCUT2D eigenvalue weighted by Gasteiger charge is -2.17. The Morgan fingerprint density at radius 2 is 2.24 bits per heavy atom. The predicted octanol–water partition coefficient (Wildman–Crippen LogP) is 1.09. The molecule has 114 valence electrons. The largest absolute Gasteiger partial charge is 0.346 e. The maximum Gasteiger partial charge on any atom is 0.227 e. The van der Waals surface area contributed by atoms with Crippen molar-refractivity contribution in [1.82, 2.24) is 20.1 Å². The van der Waals surface area contributed by atoms with Crippen LogP contribution in [0.4, 0.5) is 0 Å². The van der Waals surface area contributed by atoms with Gasteiger partial charge in [-0.15, -0.1) is 10.2 Å². The summed E-state index contributed by atoms with van der Waals surface area (Å²) < 4.78 is 2.17. The smallest absolute Gasteiger partial charge is 0.227 e. The highest BCUT2D eigenvalue weighted by atomic mass is 16.1. The van der Waals surface area contributed by atoms with E-state index >= 15 is 0 Å². The number of hydrogen-bond donors (Lipinski definition) is 2. The second-order valence-electron chi connectivity index (χ2n) is 6.06. The van der Waals surface area contributed by atoms with Gasteiger partial charge in [-0.25, -0.2) is 0 Å². The van der Waals surface area contributed by atoms with Crippen LogP contribution in [-0.2, 0) is 17.8 Å². The Kier molecular flexibility index (Phi) is 4.05. The summed E-state index contributed by atoms with van der Waals surface area (Å²) in [7, 11) is 0. The fourth-order valence-corrected chi connectivity index (χ4v) is 3.13. The van der Waals surface area contributed by atoms with Crippen LogP contribution in [0.1, 0.15) is 50.3 Å². The molecule has 3 atom stereocenters. The van der Waals surface area contributed by atoms with Crippen molar-refractivity contribution < 1.29 is 4.79 Å². The van der Waals surface area contributed by atoms with Crippen molar-refractivity contribution in [3.8, 4) is 0 Å². The molecular weight excluding hydrogens is 266 g/mol. The third kappa shape index (κ3) is 3.00. The number of aryl methyl sites for hydroxylation is 1. The minimum absolute atomic E-state index is 0.000389. The molecule has 0 saturated heterocycles. The number of carbonyl (C=O) groups is 1. The molecule has 0 saturated carbocycles. The van der Waals surface area contributed by atoms with E-state index in [-0.39, 0.29) is 23.9 Å². The normalized spacial score (nSPS) is 26.2. The van der Waals surface area contributed by atoms with Crippen molar-refractivity contribution in [2.45, 2.75) is 57.7 Å². The third-order valence-corrected chi connectivity index (χ3v) is 4.34. The van der Waals surface area contributed by atoms with Crippen LogP contribution >= 0.6 is 0 Å². The zero-order valence-electron chi connectivity index (χ0n) is 12.5. The average molecular weight is 289 g/mol. The van der Waals surface area contributed by atoms with E-state index in [0.29, 0.717) is 6.42 Å². The topological polar surface area (TPSA) is 85.8 Å². The first kappa shape index (κ1) is 14.3. The number of rotatable bonds is 3. The molecule has 21 heavy (non-hydrogen) atoms. The van der Waals surface area contributed by atoms with Gasteiger partial charge in [0.05, 0.1) is 12.0 Å². The molecule has 3 rings (SSSR count). The van der Waals surface area contributed by atoms with E-state index in [1.54, 1.807) is 0 Å². The number of nitrogens with one attached hydrogen (secondary N) is 1. The van der Waals surface area contributed by atoms with Crippen LogP contribution in [0.5, 0.6) is 0 Å². The lowest BCUT2D eigenvalue weighted by Crippen LogP contribution is -2.34. The molecule has 0 radical (unpaired) electrons. The zero-order valence-corrected chi connectivity index (χ0v) is 12.5. The second kappa shape index (κ2) is 5.97. The molecule has 2 heterocycles. The number of carbonyl (C=O) groups excluding carboxylic acids is 1. The molecule has 1 amide bonds. The van der Waals surface area contributed by atoms with E-state index < -0.39 is 0 Å². The highest BCUT2D eigenvalue weighted by molar-refractivity contribution is 5.81. The van der Waals surface area contributed by atoms with Crippen molar-refractivity contribution in [3.63, 3.8) is 0 Å². The van der Waals surface area contributed by atoms with Gasteiger partial charge < -0.3 is 15.6 Å². The Hall–Kier alpha value is -1.69. The highest BCUT2D eigenvalue weighted by Gasteiger charge is 2.26. The Morgan fingerprint density at radius 3 is 3.00 bits per heavy atom. The lowest BCUT2D eigenvalue weighted by atomic mass is 10.1. The van der Waals surface area contributed by atoms with Gasteiger partial charge in [-0.1, -0.05) is 18.6 Å². The number of fused-ring (bicyclic) bond motifs is 1. The lowest BCUT2D eigenvalue weighted by molar-refractivity contribution is -0.124. The zero-order chi connectivity index (χ0) is 14.8. The average Bonchev–Trinajstić information content (AvgIpc) is 2.99. The molecule has 6 nitrogen and oxygen atoms in total. The summed E-state index contributed by atoms with van der Waals surface area (Å²) in [5, 5.41) is 11.6. The minimum atomic E-state index is -0.123. The Labute approximate surface area is 124 Å². The van der Waals surface area contributed by atoms with Crippen molar-refractivity contribution in [2.75, 3.05) is 0 Å². The monoisotopic (exact) mass is 289 g/mol. The van der Waals surface area contributed by atoms with E-state index in [2.05, 4.69) is 20.1 Å². The molecule has 3 unspecified atom stereocenters. The molecular formula is C15H23N5O. The summed E-state index contributed by atoms with van der Waals surface area (Å²) in [6.45, 7) is 2.92. The molecule has 0 fully saturated rings. The van der Waals surface area contributed by atoms with Crippen LogP contribution in [0.3, 0.4) is 0 Å². The van der Waals surface area contributed by atoms with Crippen molar-refractivity contribution in [1.29, 1.82) is 0 Å². The van der Waals surface area contributed by atoms with Gasteiger partial charge in [-0.05, 0) is 26.2 Å². The molecule has 1 aromatic rings. The number of hydrogen-bond acceptors (Lipinski definition) is 4. The van der Waals surface area contributed by atoms with Gasteiger partial charge in [0.15, 0.2) is 5.82 Å². The summed E-state index contributed by atoms with van der Waals surface area (Å²) in [5.74, 6) is 1.82. The molecule has 1 aliphatic heterocycles. The molecule has 6 heteroatoms. The summed E-state index contributed by atoms with van der Waals surface area (Å²) in [4.78, 5) is 12.3. The van der Waals surface area contributed by atoms with E-state index in [1.165, 1.54) is 12.8 Å². The Morgan fingerprint density at radius 1 is 1.38 bits per heavy atom. The van der Waals surface area contributed by atoms with E-state index in [1.807, 2.05) is 19.1 Å². The fourth-order valence-electron chi connectivity index (χ4n) is 3.13. The van der Waals surface area contributed by atoms with Crippen LogP contribution < -0.4 is 11.1 Å². The Bertz CT molecular complexity index is 550. The first-order valence-electron chi connectivity index (χ1n) is 7.81. The molecule has 3 N–H and O–H groups in total. The summed E-state index contributed by atoms with van der Waals surface area (Å²) >= 11 is 0. The number of nitrogens with two attached hydrogens (primary N) is 1. The van der Waals surface area contributed by atoms with Crippen LogP contribution in [0, 0.1) is 5.92 Å². The van der Waals surface area contributed by atoms with Gasteiger partial charge >= 0.3 is 0 Å². The summed E-state index contributed by atoms with van der Waals surface area (Å²) in [5.41, 5.74) is 5.80. The van der Waals surface area contributed by atoms with Gasteiger partial charge in [0.2, 0.25) is 5.91 Å². The van der Waals surface area contributed by atoms with E-state index in [0.717, 1.165) is 31.0 Å². The predicted molar refractivity (Wildman–Crippen MR) is 79.4 cm³/mol. The van der Waals surface area contributed by atoms with Crippen LogP contribution in [-0.4, -0.2) is 26.7 Å². The van der Waals surface area contributed by atoms with Gasteiger partial charge in [-0.2, -0.15) is 0 Å². The minimum Gasteiger partial charge on any atom is -0.346 e.